The third-order valence-electron chi connectivity index (χ3n) is 0.513. The number of allylic oxidation sites excluding steroid dienone is 3. The summed E-state index contributed by atoms with van der Waals surface area (Å²) in [5.41, 5.74) is 0. The molecule has 0 aromatic carbocycles. The zero-order valence-electron chi connectivity index (χ0n) is 4.33. The molecule has 0 saturated carbocycles. The molecule has 0 radical (unpaired) electrons. The molecule has 0 bridgehead atoms. The van der Waals surface area contributed by atoms with E-state index in [1.165, 1.54) is 19.4 Å². The first kappa shape index (κ1) is 7.71. The van der Waals surface area contributed by atoms with E-state index in [1.807, 2.05) is 0 Å². The second kappa shape index (κ2) is 4.86. The Kier molecular flexibility index (Phi) is 4.68. The third kappa shape index (κ3) is 3.88. The molecule has 0 spiro atoms. The van der Waals surface area contributed by atoms with Crippen LogP contribution in [0.5, 0.6) is 0 Å². The minimum atomic E-state index is 0.796. The van der Waals surface area contributed by atoms with Crippen LogP contribution in [0.2, 0.25) is 0 Å². The van der Waals surface area contributed by atoms with Gasteiger partial charge in [-0.1, -0.05) is 0 Å². The van der Waals surface area contributed by atoms with Crippen LogP contribution < -0.4 is 0 Å². The second-order valence-electron chi connectivity index (χ2n) is 1.12. The SMILES string of the molecule is C=C/C=C\[C](=[W])C=O. The van der Waals surface area contributed by atoms with E-state index in [0.29, 0.717) is 0 Å². The standard InChI is InChI=1S/C6H6O.W/c1-2-3-4-5-6-7;/h2-4,6H,1H2;/b4-3-;. The predicted octanol–water partition coefficient (Wildman–Crippen LogP) is 0.647. The van der Waals surface area contributed by atoms with Gasteiger partial charge in [-0.15, -0.1) is 0 Å². The summed E-state index contributed by atoms with van der Waals surface area (Å²) >= 11 is 1.19. The van der Waals surface area contributed by atoms with Gasteiger partial charge in [0.2, 0.25) is 0 Å². The quantitative estimate of drug-likeness (QED) is 0.547. The molecule has 1 nitrogen and oxygen atoms in total. The maximum absolute atomic E-state index is 9.91. The Morgan fingerprint density at radius 3 is 2.62 bits per heavy atom. The number of hydrogen-bond donors (Lipinski definition) is 0. The van der Waals surface area contributed by atoms with Gasteiger partial charge in [0.15, 0.2) is 0 Å². The fourth-order valence-electron chi connectivity index (χ4n) is 0.202. The van der Waals surface area contributed by atoms with Crippen molar-refractivity contribution < 1.29 is 24.1 Å². The fourth-order valence-corrected chi connectivity index (χ4v) is 0.484. The Morgan fingerprint density at radius 2 is 2.25 bits per heavy atom. The topological polar surface area (TPSA) is 17.1 Å². The zero-order chi connectivity index (χ0) is 6.41. The van der Waals surface area contributed by atoms with Gasteiger partial charge >= 0.3 is 59.1 Å². The van der Waals surface area contributed by atoms with Gasteiger partial charge in [-0.3, -0.25) is 0 Å². The molecule has 0 aromatic rings. The van der Waals surface area contributed by atoms with Crippen LogP contribution in [0.3, 0.4) is 0 Å². The van der Waals surface area contributed by atoms with Gasteiger partial charge in [0.1, 0.15) is 0 Å². The second-order valence-corrected chi connectivity index (χ2v) is 2.81. The Bertz CT molecular complexity index is 135. The molecule has 0 rings (SSSR count). The number of carbonyl (C=O) groups excluding carboxylic acids is 1. The van der Waals surface area contributed by atoms with E-state index in [2.05, 4.69) is 6.58 Å². The summed E-state index contributed by atoms with van der Waals surface area (Å²) in [5, 5.41) is 0. The number of aldehydes is 1. The molecule has 42 valence electrons. The van der Waals surface area contributed by atoms with Crippen LogP contribution >= 0.6 is 0 Å². The third-order valence-corrected chi connectivity index (χ3v) is 1.35. The Morgan fingerprint density at radius 1 is 1.62 bits per heavy atom. The molecule has 0 saturated heterocycles. The van der Waals surface area contributed by atoms with Crippen molar-refractivity contribution in [2.45, 2.75) is 0 Å². The zero-order valence-corrected chi connectivity index (χ0v) is 7.27. The van der Waals surface area contributed by atoms with E-state index >= 15 is 0 Å². The summed E-state index contributed by atoms with van der Waals surface area (Å²) in [7, 11) is 0. The van der Waals surface area contributed by atoms with Crippen molar-refractivity contribution in [3.8, 4) is 0 Å². The molecule has 0 atom stereocenters. The van der Waals surface area contributed by atoms with E-state index in [0.717, 1.165) is 10.2 Å². The van der Waals surface area contributed by atoms with Gasteiger partial charge < -0.3 is 0 Å². The van der Waals surface area contributed by atoms with Crippen LogP contribution in [0.25, 0.3) is 0 Å². The molecule has 0 aliphatic heterocycles. The maximum atomic E-state index is 9.91. The molecular formula is C6H6OW. The van der Waals surface area contributed by atoms with Gasteiger partial charge in [-0.25, -0.2) is 0 Å². The monoisotopic (exact) mass is 278 g/mol. The van der Waals surface area contributed by atoms with E-state index in [9.17, 15) is 4.79 Å². The summed E-state index contributed by atoms with van der Waals surface area (Å²) in [6, 6.07) is 0. The van der Waals surface area contributed by atoms with Gasteiger partial charge in [0.25, 0.3) is 0 Å². The van der Waals surface area contributed by atoms with Crippen molar-refractivity contribution >= 4 is 10.2 Å². The Hall–Kier alpha value is -0.292. The van der Waals surface area contributed by atoms with Crippen molar-refractivity contribution in [2.75, 3.05) is 0 Å². The summed E-state index contributed by atoms with van der Waals surface area (Å²) in [4.78, 5) is 9.91. The molecule has 0 fully saturated rings. The van der Waals surface area contributed by atoms with E-state index in [1.54, 1.807) is 18.2 Å². The first-order valence-electron chi connectivity index (χ1n) is 2.09. The predicted molar refractivity (Wildman–Crippen MR) is 30.4 cm³/mol. The first-order chi connectivity index (χ1) is 3.81. The van der Waals surface area contributed by atoms with Crippen molar-refractivity contribution in [1.82, 2.24) is 0 Å². The number of rotatable bonds is 3. The van der Waals surface area contributed by atoms with Crippen LogP contribution in [0.4, 0.5) is 0 Å². The minimum absolute atomic E-state index is 0.796. The molecule has 0 N–H and O–H groups in total. The summed E-state index contributed by atoms with van der Waals surface area (Å²) in [6.45, 7) is 3.46. The summed E-state index contributed by atoms with van der Waals surface area (Å²) in [6.07, 6.45) is 5.98. The molecule has 8 heavy (non-hydrogen) atoms. The van der Waals surface area contributed by atoms with Crippen LogP contribution in [0, 0.1) is 0 Å². The normalized spacial score (nSPS) is 9.00. The average Bonchev–Trinajstić information content (AvgIpc) is 1.83. The van der Waals surface area contributed by atoms with E-state index in [4.69, 9.17) is 0 Å². The van der Waals surface area contributed by atoms with Crippen molar-refractivity contribution in [3.05, 3.63) is 24.8 Å². The molecule has 0 heterocycles. The summed E-state index contributed by atoms with van der Waals surface area (Å²) in [5.74, 6) is 0. The molecule has 0 aliphatic carbocycles. The van der Waals surface area contributed by atoms with Crippen molar-refractivity contribution in [2.24, 2.45) is 0 Å². The average molecular weight is 278 g/mol. The van der Waals surface area contributed by atoms with E-state index in [-0.39, 0.29) is 0 Å². The molecule has 0 unspecified atom stereocenters. The van der Waals surface area contributed by atoms with Crippen molar-refractivity contribution in [1.29, 1.82) is 0 Å². The van der Waals surface area contributed by atoms with E-state index < -0.39 is 0 Å². The van der Waals surface area contributed by atoms with Gasteiger partial charge in [-0.05, 0) is 0 Å². The van der Waals surface area contributed by atoms with Crippen LogP contribution in [0.15, 0.2) is 24.8 Å². The van der Waals surface area contributed by atoms with Crippen LogP contribution in [-0.4, -0.2) is 10.2 Å². The molecule has 2 heteroatoms. The number of hydrogen-bond acceptors (Lipinski definition) is 1. The molecule has 0 aliphatic rings. The van der Waals surface area contributed by atoms with Gasteiger partial charge in [0.05, 0.1) is 0 Å². The molecule has 0 aromatic heterocycles. The van der Waals surface area contributed by atoms with Crippen LogP contribution in [-0.2, 0) is 24.1 Å². The molecular weight excluding hydrogens is 272 g/mol. The number of carbonyl (C=O) groups is 1. The Balaban J connectivity index is 3.69. The summed E-state index contributed by atoms with van der Waals surface area (Å²) < 4.78 is 0.796. The first-order valence-corrected chi connectivity index (χ1v) is 3.56. The molecule has 0 amide bonds. The van der Waals surface area contributed by atoms with Gasteiger partial charge in [0, 0.05) is 0 Å². The van der Waals surface area contributed by atoms with Gasteiger partial charge in [-0.2, -0.15) is 0 Å². The fraction of sp³-hybridized carbons (Fsp3) is 0. The van der Waals surface area contributed by atoms with Crippen LogP contribution in [0.1, 0.15) is 0 Å². The van der Waals surface area contributed by atoms with Crippen molar-refractivity contribution in [3.63, 3.8) is 0 Å². The Labute approximate surface area is 59.5 Å².